The van der Waals surface area contributed by atoms with Crippen LogP contribution < -0.4 is 5.32 Å². The molecule has 1 amide bonds. The van der Waals surface area contributed by atoms with Gasteiger partial charge in [-0.2, -0.15) is 0 Å². The van der Waals surface area contributed by atoms with Crippen LogP contribution in [0.5, 0.6) is 0 Å². The molecule has 28 heavy (non-hydrogen) atoms. The van der Waals surface area contributed by atoms with Gasteiger partial charge in [-0.15, -0.1) is 0 Å². The minimum absolute atomic E-state index is 0.0721. The highest BCUT2D eigenvalue weighted by atomic mass is 16.5. The molecule has 0 aliphatic rings. The summed E-state index contributed by atoms with van der Waals surface area (Å²) in [7, 11) is 0. The van der Waals surface area contributed by atoms with Gasteiger partial charge in [-0.05, 0) is 18.9 Å². The summed E-state index contributed by atoms with van der Waals surface area (Å²) in [5.41, 5.74) is 3.24. The molecule has 0 spiro atoms. The Labute approximate surface area is 163 Å². The summed E-state index contributed by atoms with van der Waals surface area (Å²) in [6, 6.07) is 19.0. The van der Waals surface area contributed by atoms with E-state index in [2.05, 4.69) is 10.5 Å². The number of ether oxygens (including phenoxy) is 1. The molecular formula is C22H22N2O4. The third kappa shape index (κ3) is 5.54. The number of hydrogen-bond donors (Lipinski definition) is 1. The van der Waals surface area contributed by atoms with E-state index in [4.69, 9.17) is 9.26 Å². The molecule has 3 rings (SSSR count). The molecule has 0 unspecified atom stereocenters. The van der Waals surface area contributed by atoms with Crippen molar-refractivity contribution in [1.82, 2.24) is 10.5 Å². The van der Waals surface area contributed by atoms with E-state index in [9.17, 15) is 9.59 Å². The van der Waals surface area contributed by atoms with Gasteiger partial charge >= 0.3 is 5.97 Å². The van der Waals surface area contributed by atoms with E-state index in [-0.39, 0.29) is 24.8 Å². The van der Waals surface area contributed by atoms with Gasteiger partial charge in [0, 0.05) is 18.1 Å². The van der Waals surface area contributed by atoms with Gasteiger partial charge in [0.25, 0.3) is 0 Å². The Hall–Kier alpha value is -3.41. The molecule has 0 fully saturated rings. The van der Waals surface area contributed by atoms with Crippen molar-refractivity contribution in [2.75, 3.05) is 13.2 Å². The second-order valence-corrected chi connectivity index (χ2v) is 6.41. The number of carbonyl (C=O) groups excluding carboxylic acids is 2. The Bertz CT molecular complexity index is 917. The molecule has 0 atom stereocenters. The zero-order chi connectivity index (χ0) is 19.8. The quantitative estimate of drug-likeness (QED) is 0.479. The van der Waals surface area contributed by atoms with Crippen molar-refractivity contribution in [2.24, 2.45) is 0 Å². The number of hydrogen-bond acceptors (Lipinski definition) is 5. The summed E-state index contributed by atoms with van der Waals surface area (Å²) in [4.78, 5) is 23.9. The van der Waals surface area contributed by atoms with Gasteiger partial charge in [-0.25, -0.2) is 4.79 Å². The van der Waals surface area contributed by atoms with Crippen molar-refractivity contribution >= 4 is 11.9 Å². The van der Waals surface area contributed by atoms with Gasteiger partial charge in [0.1, 0.15) is 6.61 Å². The summed E-state index contributed by atoms with van der Waals surface area (Å²) in [6.45, 7) is 2.35. The Kier molecular flexibility index (Phi) is 6.57. The SMILES string of the molecule is Cc1ccc(CCC(=O)NCCOC(=O)c2cc(-c3ccccc3)on2)cc1. The van der Waals surface area contributed by atoms with Gasteiger partial charge in [-0.3, -0.25) is 4.79 Å². The number of esters is 1. The Morgan fingerprint density at radius 3 is 2.57 bits per heavy atom. The van der Waals surface area contributed by atoms with Crippen LogP contribution in [0.4, 0.5) is 0 Å². The number of benzene rings is 2. The van der Waals surface area contributed by atoms with E-state index in [1.165, 1.54) is 11.6 Å². The van der Waals surface area contributed by atoms with Crippen molar-refractivity contribution in [3.63, 3.8) is 0 Å². The fraction of sp³-hybridized carbons (Fsp3) is 0.227. The number of aromatic nitrogens is 1. The molecule has 0 saturated carbocycles. The largest absolute Gasteiger partial charge is 0.459 e. The maximum absolute atomic E-state index is 12.0. The standard InChI is InChI=1S/C22H22N2O4/c1-16-7-9-17(10-8-16)11-12-21(25)23-13-14-27-22(26)19-15-20(28-24-19)18-5-3-2-4-6-18/h2-10,15H,11-14H2,1H3,(H,23,25). The molecular weight excluding hydrogens is 356 g/mol. The Morgan fingerprint density at radius 1 is 1.07 bits per heavy atom. The van der Waals surface area contributed by atoms with Crippen molar-refractivity contribution < 1.29 is 18.8 Å². The monoisotopic (exact) mass is 378 g/mol. The maximum atomic E-state index is 12.0. The lowest BCUT2D eigenvalue weighted by atomic mass is 10.1. The molecule has 0 aliphatic carbocycles. The molecule has 6 nitrogen and oxygen atoms in total. The number of nitrogens with zero attached hydrogens (tertiary/aromatic N) is 1. The fourth-order valence-electron chi connectivity index (χ4n) is 2.62. The zero-order valence-electron chi connectivity index (χ0n) is 15.7. The number of rotatable bonds is 8. The van der Waals surface area contributed by atoms with Crippen molar-refractivity contribution in [2.45, 2.75) is 19.8 Å². The number of nitrogens with one attached hydrogen (secondary N) is 1. The molecule has 2 aromatic carbocycles. The van der Waals surface area contributed by atoms with Crippen molar-refractivity contribution in [3.05, 3.63) is 77.5 Å². The highest BCUT2D eigenvalue weighted by molar-refractivity contribution is 5.88. The summed E-state index contributed by atoms with van der Waals surface area (Å²) in [5.74, 6) is -0.166. The van der Waals surface area contributed by atoms with E-state index in [1.54, 1.807) is 0 Å². The molecule has 0 saturated heterocycles. The minimum atomic E-state index is -0.583. The summed E-state index contributed by atoms with van der Waals surface area (Å²) in [6.07, 6.45) is 1.06. The highest BCUT2D eigenvalue weighted by Gasteiger charge is 2.15. The van der Waals surface area contributed by atoms with Crippen LogP contribution in [0.25, 0.3) is 11.3 Å². The van der Waals surface area contributed by atoms with Crippen LogP contribution >= 0.6 is 0 Å². The Balaban J connectivity index is 1.37. The third-order valence-corrected chi connectivity index (χ3v) is 4.20. The molecule has 3 aromatic rings. The molecule has 0 bridgehead atoms. The lowest BCUT2D eigenvalue weighted by molar-refractivity contribution is -0.121. The van der Waals surface area contributed by atoms with Gasteiger partial charge in [0.05, 0.1) is 6.54 Å². The third-order valence-electron chi connectivity index (χ3n) is 4.20. The average Bonchev–Trinajstić information content (AvgIpc) is 3.22. The first-order valence-electron chi connectivity index (χ1n) is 9.13. The zero-order valence-corrected chi connectivity index (χ0v) is 15.7. The topological polar surface area (TPSA) is 81.4 Å². The maximum Gasteiger partial charge on any atom is 0.360 e. The van der Waals surface area contributed by atoms with Crippen LogP contribution in [0.3, 0.4) is 0 Å². The van der Waals surface area contributed by atoms with Crippen LogP contribution in [0.1, 0.15) is 28.0 Å². The van der Waals surface area contributed by atoms with E-state index >= 15 is 0 Å². The smallest absolute Gasteiger partial charge is 0.360 e. The second kappa shape index (κ2) is 9.50. The lowest BCUT2D eigenvalue weighted by Gasteiger charge is -2.06. The van der Waals surface area contributed by atoms with Crippen LogP contribution in [-0.4, -0.2) is 30.2 Å². The highest BCUT2D eigenvalue weighted by Crippen LogP contribution is 2.19. The number of amides is 1. The first-order valence-corrected chi connectivity index (χ1v) is 9.13. The molecule has 0 aliphatic heterocycles. The lowest BCUT2D eigenvalue weighted by Crippen LogP contribution is -2.28. The average molecular weight is 378 g/mol. The minimum Gasteiger partial charge on any atom is -0.459 e. The van der Waals surface area contributed by atoms with Crippen molar-refractivity contribution in [3.8, 4) is 11.3 Å². The fourth-order valence-corrected chi connectivity index (χ4v) is 2.62. The molecule has 1 heterocycles. The van der Waals surface area contributed by atoms with Crippen LogP contribution in [-0.2, 0) is 16.0 Å². The second-order valence-electron chi connectivity index (χ2n) is 6.41. The molecule has 1 aromatic heterocycles. The van der Waals surface area contributed by atoms with Crippen molar-refractivity contribution in [1.29, 1.82) is 0 Å². The summed E-state index contributed by atoms with van der Waals surface area (Å²) >= 11 is 0. The predicted molar refractivity (Wildman–Crippen MR) is 105 cm³/mol. The first-order chi connectivity index (χ1) is 13.6. The van der Waals surface area contributed by atoms with Crippen LogP contribution in [0, 0.1) is 6.92 Å². The summed E-state index contributed by atoms with van der Waals surface area (Å²) in [5, 5.41) is 6.48. The molecule has 6 heteroatoms. The van der Waals surface area contributed by atoms with E-state index in [0.29, 0.717) is 18.6 Å². The predicted octanol–water partition coefficient (Wildman–Crippen LogP) is 3.56. The summed E-state index contributed by atoms with van der Waals surface area (Å²) < 4.78 is 10.3. The Morgan fingerprint density at radius 2 is 1.82 bits per heavy atom. The van der Waals surface area contributed by atoms with Gasteiger partial charge in [0.2, 0.25) is 5.91 Å². The molecule has 0 radical (unpaired) electrons. The van der Waals surface area contributed by atoms with E-state index in [0.717, 1.165) is 11.1 Å². The van der Waals surface area contributed by atoms with Crippen LogP contribution in [0.2, 0.25) is 0 Å². The number of carbonyl (C=O) groups is 2. The number of aryl methyl sites for hydroxylation is 2. The molecule has 1 N–H and O–H groups in total. The van der Waals surface area contributed by atoms with Crippen LogP contribution in [0.15, 0.2) is 65.2 Å². The van der Waals surface area contributed by atoms with E-state index in [1.807, 2.05) is 61.5 Å². The molecule has 144 valence electrons. The van der Waals surface area contributed by atoms with Gasteiger partial charge in [0.15, 0.2) is 11.5 Å². The van der Waals surface area contributed by atoms with Gasteiger partial charge < -0.3 is 14.6 Å². The van der Waals surface area contributed by atoms with E-state index < -0.39 is 5.97 Å². The van der Waals surface area contributed by atoms with Gasteiger partial charge in [-0.1, -0.05) is 65.3 Å². The normalized spacial score (nSPS) is 10.5. The first kappa shape index (κ1) is 19.4.